The first-order chi connectivity index (χ1) is 9.26. The molecule has 4 nitrogen and oxygen atoms in total. The Labute approximate surface area is 113 Å². The zero-order valence-corrected chi connectivity index (χ0v) is 11.2. The summed E-state index contributed by atoms with van der Waals surface area (Å²) < 4.78 is 5.44. The van der Waals surface area contributed by atoms with E-state index >= 15 is 0 Å². The molecule has 1 N–H and O–H groups in total. The fourth-order valence-corrected chi connectivity index (χ4v) is 2.50. The summed E-state index contributed by atoms with van der Waals surface area (Å²) >= 11 is 0. The lowest BCUT2D eigenvalue weighted by molar-refractivity contribution is 0.304. The highest BCUT2D eigenvalue weighted by Gasteiger charge is 2.35. The second-order valence-corrected chi connectivity index (χ2v) is 5.49. The molecule has 1 saturated heterocycles. The van der Waals surface area contributed by atoms with E-state index in [1.54, 1.807) is 0 Å². The van der Waals surface area contributed by atoms with Gasteiger partial charge in [-0.05, 0) is 31.9 Å². The molecule has 0 saturated carbocycles. The van der Waals surface area contributed by atoms with Crippen molar-refractivity contribution in [1.29, 1.82) is 0 Å². The molecule has 1 atom stereocenters. The Bertz CT molecular complexity index is 529. The molecule has 1 aromatic heterocycles. The van der Waals surface area contributed by atoms with Crippen molar-refractivity contribution in [2.75, 3.05) is 13.1 Å². The Morgan fingerprint density at radius 1 is 1.26 bits per heavy atom. The Hall–Kier alpha value is -1.68. The van der Waals surface area contributed by atoms with Gasteiger partial charge in [0.1, 0.15) is 0 Å². The van der Waals surface area contributed by atoms with E-state index in [2.05, 4.69) is 46.6 Å². The van der Waals surface area contributed by atoms with E-state index < -0.39 is 0 Å². The second kappa shape index (κ2) is 5.13. The van der Waals surface area contributed by atoms with Crippen molar-refractivity contribution in [3.63, 3.8) is 0 Å². The Morgan fingerprint density at radius 2 is 2.11 bits per heavy atom. The van der Waals surface area contributed by atoms with E-state index in [0.29, 0.717) is 0 Å². The molecule has 100 valence electrons. The molecule has 0 aliphatic carbocycles. The maximum absolute atomic E-state index is 5.44. The van der Waals surface area contributed by atoms with Gasteiger partial charge in [-0.3, -0.25) is 0 Å². The number of nitrogens with zero attached hydrogens (tertiary/aromatic N) is 2. The van der Waals surface area contributed by atoms with Gasteiger partial charge in [-0.15, -0.1) is 0 Å². The van der Waals surface area contributed by atoms with Gasteiger partial charge in [0, 0.05) is 13.0 Å². The Balaban J connectivity index is 1.65. The smallest absolute Gasteiger partial charge is 0.233 e. The number of hydrogen-bond donors (Lipinski definition) is 1. The van der Waals surface area contributed by atoms with Crippen molar-refractivity contribution in [3.8, 4) is 0 Å². The lowest BCUT2D eigenvalue weighted by Crippen LogP contribution is -2.25. The average molecular weight is 257 g/mol. The van der Waals surface area contributed by atoms with E-state index in [9.17, 15) is 0 Å². The summed E-state index contributed by atoms with van der Waals surface area (Å²) in [4.78, 5) is 4.56. The number of aryl methyl sites for hydroxylation is 2. The predicted octanol–water partition coefficient (Wildman–Crippen LogP) is 2.11. The molecule has 2 heterocycles. The first-order valence-electron chi connectivity index (χ1n) is 6.84. The molecule has 19 heavy (non-hydrogen) atoms. The molecular weight excluding hydrogens is 238 g/mol. The van der Waals surface area contributed by atoms with E-state index in [-0.39, 0.29) is 5.41 Å². The number of benzene rings is 1. The van der Waals surface area contributed by atoms with Crippen LogP contribution >= 0.6 is 0 Å². The molecule has 2 aromatic rings. The average Bonchev–Trinajstić information content (AvgIpc) is 3.07. The van der Waals surface area contributed by atoms with E-state index in [0.717, 1.165) is 44.1 Å². The molecule has 3 rings (SSSR count). The highest BCUT2D eigenvalue weighted by Crippen LogP contribution is 2.28. The molecule has 0 bridgehead atoms. The van der Waals surface area contributed by atoms with Gasteiger partial charge in [-0.25, -0.2) is 0 Å². The first-order valence-corrected chi connectivity index (χ1v) is 6.84. The summed E-state index contributed by atoms with van der Waals surface area (Å²) in [5.41, 5.74) is 1.32. The van der Waals surface area contributed by atoms with Gasteiger partial charge in [0.15, 0.2) is 5.82 Å². The number of nitrogens with one attached hydrogen (secondary N) is 1. The molecule has 0 spiro atoms. The van der Waals surface area contributed by atoms with Crippen molar-refractivity contribution < 1.29 is 4.52 Å². The van der Waals surface area contributed by atoms with Gasteiger partial charge >= 0.3 is 0 Å². The van der Waals surface area contributed by atoms with E-state index in [1.807, 2.05) is 6.07 Å². The molecule has 1 aromatic carbocycles. The maximum atomic E-state index is 5.44. The Morgan fingerprint density at radius 3 is 2.84 bits per heavy atom. The van der Waals surface area contributed by atoms with Crippen molar-refractivity contribution in [3.05, 3.63) is 47.6 Å². The quantitative estimate of drug-likeness (QED) is 0.911. The number of hydrogen-bond acceptors (Lipinski definition) is 4. The van der Waals surface area contributed by atoms with Crippen LogP contribution < -0.4 is 5.32 Å². The summed E-state index contributed by atoms with van der Waals surface area (Å²) in [7, 11) is 0. The SMILES string of the molecule is CC1(c2nc(CCc3ccccc3)no2)CCNC1. The highest BCUT2D eigenvalue weighted by atomic mass is 16.5. The molecule has 4 heteroatoms. The molecule has 1 aliphatic rings. The third-order valence-electron chi connectivity index (χ3n) is 3.83. The van der Waals surface area contributed by atoms with Crippen LogP contribution in [0, 0.1) is 0 Å². The van der Waals surface area contributed by atoms with Gasteiger partial charge < -0.3 is 9.84 Å². The fourth-order valence-electron chi connectivity index (χ4n) is 2.50. The zero-order chi connectivity index (χ0) is 13.1. The van der Waals surface area contributed by atoms with Crippen LogP contribution in [0.15, 0.2) is 34.9 Å². The molecular formula is C15H19N3O. The van der Waals surface area contributed by atoms with E-state index in [1.165, 1.54) is 5.56 Å². The van der Waals surface area contributed by atoms with Crippen LogP contribution in [0.5, 0.6) is 0 Å². The largest absolute Gasteiger partial charge is 0.339 e. The van der Waals surface area contributed by atoms with E-state index in [4.69, 9.17) is 4.52 Å². The maximum Gasteiger partial charge on any atom is 0.233 e. The molecule has 1 aliphatic heterocycles. The van der Waals surface area contributed by atoms with Crippen LogP contribution in [-0.4, -0.2) is 23.2 Å². The molecule has 0 amide bonds. The normalized spacial score (nSPS) is 22.8. The van der Waals surface area contributed by atoms with Crippen LogP contribution in [0.1, 0.15) is 30.6 Å². The lowest BCUT2D eigenvalue weighted by atomic mass is 9.90. The summed E-state index contributed by atoms with van der Waals surface area (Å²) in [5, 5.41) is 7.46. The van der Waals surface area contributed by atoms with Crippen molar-refractivity contribution in [2.24, 2.45) is 0 Å². The molecule has 0 radical (unpaired) electrons. The summed E-state index contributed by atoms with van der Waals surface area (Å²) in [6, 6.07) is 10.4. The number of rotatable bonds is 4. The second-order valence-electron chi connectivity index (χ2n) is 5.49. The van der Waals surface area contributed by atoms with Gasteiger partial charge in [-0.1, -0.05) is 35.5 Å². The van der Waals surface area contributed by atoms with Gasteiger partial charge in [-0.2, -0.15) is 4.98 Å². The summed E-state index contributed by atoms with van der Waals surface area (Å²) in [6.45, 7) is 4.13. The predicted molar refractivity (Wildman–Crippen MR) is 73.0 cm³/mol. The minimum absolute atomic E-state index is 0.0119. The minimum atomic E-state index is 0.0119. The molecule has 1 unspecified atom stereocenters. The van der Waals surface area contributed by atoms with Crippen molar-refractivity contribution >= 4 is 0 Å². The lowest BCUT2D eigenvalue weighted by Gasteiger charge is -2.15. The van der Waals surface area contributed by atoms with Gasteiger partial charge in [0.2, 0.25) is 5.89 Å². The summed E-state index contributed by atoms with van der Waals surface area (Å²) in [5.74, 6) is 1.59. The number of aromatic nitrogens is 2. The van der Waals surface area contributed by atoms with Crippen molar-refractivity contribution in [1.82, 2.24) is 15.5 Å². The molecule has 1 fully saturated rings. The van der Waals surface area contributed by atoms with Crippen LogP contribution in [0.4, 0.5) is 0 Å². The topological polar surface area (TPSA) is 51.0 Å². The monoisotopic (exact) mass is 257 g/mol. The third kappa shape index (κ3) is 2.68. The first kappa shape index (κ1) is 12.4. The summed E-state index contributed by atoms with van der Waals surface area (Å²) in [6.07, 6.45) is 2.85. The fraction of sp³-hybridized carbons (Fsp3) is 0.467. The van der Waals surface area contributed by atoms with Crippen LogP contribution in [0.2, 0.25) is 0 Å². The van der Waals surface area contributed by atoms with Gasteiger partial charge in [0.05, 0.1) is 5.41 Å². The third-order valence-corrected chi connectivity index (χ3v) is 3.83. The Kier molecular flexibility index (Phi) is 3.34. The van der Waals surface area contributed by atoms with Gasteiger partial charge in [0.25, 0.3) is 0 Å². The minimum Gasteiger partial charge on any atom is -0.339 e. The zero-order valence-electron chi connectivity index (χ0n) is 11.2. The van der Waals surface area contributed by atoms with Crippen molar-refractivity contribution in [2.45, 2.75) is 31.6 Å². The van der Waals surface area contributed by atoms with Crippen LogP contribution in [0.3, 0.4) is 0 Å². The van der Waals surface area contributed by atoms with Crippen LogP contribution in [-0.2, 0) is 18.3 Å². The highest BCUT2D eigenvalue weighted by molar-refractivity contribution is 5.15. The standard InChI is InChI=1S/C15H19N3O/c1-15(9-10-16-11-15)14-17-13(18-19-14)8-7-12-5-3-2-4-6-12/h2-6,16H,7-11H2,1H3. The van der Waals surface area contributed by atoms with Crippen LogP contribution in [0.25, 0.3) is 0 Å².